The number of carbonyl (C=O) groups excluding carboxylic acids is 2. The van der Waals surface area contributed by atoms with Crippen LogP contribution in [0.5, 0.6) is 0 Å². The van der Waals surface area contributed by atoms with E-state index in [2.05, 4.69) is 0 Å². The Morgan fingerprint density at radius 2 is 1.57 bits per heavy atom. The van der Waals surface area contributed by atoms with Gasteiger partial charge in [0, 0.05) is 16.3 Å². The van der Waals surface area contributed by atoms with Crippen LogP contribution in [0.25, 0.3) is 0 Å². The van der Waals surface area contributed by atoms with Crippen molar-refractivity contribution >= 4 is 17.4 Å². The van der Waals surface area contributed by atoms with Crippen molar-refractivity contribution in [1.82, 2.24) is 5.06 Å². The zero-order chi connectivity index (χ0) is 17.2. The molecule has 2 aliphatic rings. The second kappa shape index (κ2) is 4.52. The highest BCUT2D eigenvalue weighted by molar-refractivity contribution is 6.22. The Kier molecular flexibility index (Phi) is 3.03. The summed E-state index contributed by atoms with van der Waals surface area (Å²) in [6, 6.07) is 4.47. The fourth-order valence-electron chi connectivity index (χ4n) is 2.78. The lowest BCUT2D eigenvalue weighted by Gasteiger charge is -2.32. The Balaban J connectivity index is 2.18. The summed E-state index contributed by atoms with van der Waals surface area (Å²) in [5.74, 6) is -0.618. The highest BCUT2D eigenvalue weighted by Crippen LogP contribution is 2.37. The molecule has 0 unspecified atom stereocenters. The fraction of sp³-hybridized carbons (Fsp3) is 0.353. The molecule has 0 saturated heterocycles. The maximum absolute atomic E-state index is 12.6. The summed E-state index contributed by atoms with van der Waals surface area (Å²) in [6.45, 7) is 6.81. The molecule has 3 rings (SSSR count). The molecule has 0 atom stereocenters. The van der Waals surface area contributed by atoms with Crippen LogP contribution in [0.1, 0.15) is 54.0 Å². The van der Waals surface area contributed by atoms with Gasteiger partial charge in [-0.05, 0) is 58.0 Å². The molecule has 1 aromatic carbocycles. The third-order valence-corrected chi connectivity index (χ3v) is 5.09. The van der Waals surface area contributed by atoms with E-state index in [1.807, 2.05) is 0 Å². The van der Waals surface area contributed by atoms with E-state index >= 15 is 0 Å². The van der Waals surface area contributed by atoms with Gasteiger partial charge in [0.1, 0.15) is 5.54 Å². The smallest absolute Gasteiger partial charge is 0.316 e. The second-order valence-electron chi connectivity index (χ2n) is 6.85. The molecule has 0 amide bonds. The molecule has 0 saturated carbocycles. The van der Waals surface area contributed by atoms with E-state index in [1.54, 1.807) is 27.7 Å². The van der Waals surface area contributed by atoms with Gasteiger partial charge in [0.05, 0.1) is 5.56 Å². The van der Waals surface area contributed by atoms with Crippen molar-refractivity contribution in [1.29, 1.82) is 0 Å². The van der Waals surface area contributed by atoms with Gasteiger partial charge in [-0.1, -0.05) is 5.06 Å². The molecule has 119 valence electrons. The summed E-state index contributed by atoms with van der Waals surface area (Å²) in [7, 11) is 0. The number of nitrogens with zero attached hydrogens (tertiary/aromatic N) is 2. The minimum Gasteiger partial charge on any atom is -0.714 e. The molecular formula is C17H17N2O4. The zero-order valence-electron chi connectivity index (χ0n) is 13.4. The summed E-state index contributed by atoms with van der Waals surface area (Å²) in [5.41, 5.74) is -1.02. The maximum Gasteiger partial charge on any atom is 0.316 e. The van der Waals surface area contributed by atoms with Crippen LogP contribution in [0.4, 0.5) is 0 Å². The molecule has 1 heterocycles. The van der Waals surface area contributed by atoms with Crippen molar-refractivity contribution < 1.29 is 19.5 Å². The van der Waals surface area contributed by atoms with E-state index in [4.69, 9.17) is 0 Å². The van der Waals surface area contributed by atoms with Crippen LogP contribution in [-0.2, 0) is 5.21 Å². The number of benzene rings is 1. The van der Waals surface area contributed by atoms with Crippen LogP contribution >= 0.6 is 0 Å². The standard InChI is InChI=1S/C17H17N2O4/c1-16(2)17(3,4)19(23)15(18(16)22)10-5-6-11-12(9-10)14(21)8-7-13(11)20/h5-9H,1-4H3. The van der Waals surface area contributed by atoms with Gasteiger partial charge < -0.3 is 5.21 Å². The van der Waals surface area contributed by atoms with Gasteiger partial charge in [-0.2, -0.15) is 0 Å². The quantitative estimate of drug-likeness (QED) is 0.587. The number of allylic oxidation sites excluding steroid dienone is 2. The van der Waals surface area contributed by atoms with Gasteiger partial charge in [0.2, 0.25) is 0 Å². The van der Waals surface area contributed by atoms with Crippen molar-refractivity contribution in [2.24, 2.45) is 0 Å². The molecule has 0 fully saturated rings. The van der Waals surface area contributed by atoms with Crippen LogP contribution in [-0.4, -0.2) is 38.3 Å². The summed E-state index contributed by atoms with van der Waals surface area (Å²) in [5, 5.41) is 26.0. The maximum atomic E-state index is 12.6. The number of hydrogen-bond acceptors (Lipinski definition) is 4. The van der Waals surface area contributed by atoms with Gasteiger partial charge >= 0.3 is 5.84 Å². The molecule has 0 spiro atoms. The predicted molar refractivity (Wildman–Crippen MR) is 82.7 cm³/mol. The van der Waals surface area contributed by atoms with E-state index < -0.39 is 11.1 Å². The molecule has 6 heteroatoms. The third kappa shape index (κ3) is 1.88. The lowest BCUT2D eigenvalue weighted by Crippen LogP contribution is -2.53. The number of fused-ring (bicyclic) bond motifs is 1. The monoisotopic (exact) mass is 313 g/mol. The number of carbonyl (C=O) groups is 2. The average Bonchev–Trinajstić information content (AvgIpc) is 2.61. The number of hydroxylamine groups is 3. The molecule has 23 heavy (non-hydrogen) atoms. The predicted octanol–water partition coefficient (Wildman–Crippen LogP) is 2.10. The van der Waals surface area contributed by atoms with E-state index in [0.29, 0.717) is 15.4 Å². The number of amidine groups is 1. The first-order chi connectivity index (χ1) is 10.6. The molecule has 6 nitrogen and oxygen atoms in total. The highest BCUT2D eigenvalue weighted by Gasteiger charge is 2.60. The molecular weight excluding hydrogens is 296 g/mol. The first kappa shape index (κ1) is 15.4. The largest absolute Gasteiger partial charge is 0.714 e. The zero-order valence-corrected chi connectivity index (χ0v) is 13.4. The van der Waals surface area contributed by atoms with Gasteiger partial charge in [0.25, 0.3) is 0 Å². The van der Waals surface area contributed by atoms with Crippen molar-refractivity contribution in [3.63, 3.8) is 0 Å². The number of hydrogen-bond donors (Lipinski definition) is 0. The number of ketones is 2. The Bertz CT molecular complexity index is 803. The summed E-state index contributed by atoms with van der Waals surface area (Å²) in [6.07, 6.45) is 2.42. The summed E-state index contributed by atoms with van der Waals surface area (Å²) in [4.78, 5) is 23.8. The minimum absolute atomic E-state index is 0.0439. The molecule has 0 bridgehead atoms. The molecule has 1 aromatic rings. The van der Waals surface area contributed by atoms with Gasteiger partial charge in [-0.15, -0.1) is 0 Å². The van der Waals surface area contributed by atoms with Crippen LogP contribution in [0.3, 0.4) is 0 Å². The minimum atomic E-state index is -0.931. The normalized spacial score (nSPS) is 21.9. The molecule has 1 aliphatic carbocycles. The molecule has 1 radical (unpaired) electrons. The fourth-order valence-corrected chi connectivity index (χ4v) is 2.78. The second-order valence-corrected chi connectivity index (χ2v) is 6.85. The van der Waals surface area contributed by atoms with Crippen molar-refractivity contribution in [2.45, 2.75) is 38.8 Å². The van der Waals surface area contributed by atoms with Crippen LogP contribution in [0.2, 0.25) is 0 Å². The number of rotatable bonds is 1. The van der Waals surface area contributed by atoms with Gasteiger partial charge in [0.15, 0.2) is 17.1 Å². The Morgan fingerprint density at radius 3 is 2.09 bits per heavy atom. The SMILES string of the molecule is CC1(C)N([O])C(c2ccc3c(c2)C(=O)C=CC3=O)=[N+]([O-])C1(C)C. The van der Waals surface area contributed by atoms with E-state index in [0.717, 1.165) is 0 Å². The van der Waals surface area contributed by atoms with Crippen molar-refractivity contribution in [2.75, 3.05) is 0 Å². The topological polar surface area (TPSA) is 83.3 Å². The van der Waals surface area contributed by atoms with Crippen LogP contribution in [0, 0.1) is 5.21 Å². The first-order valence-corrected chi connectivity index (χ1v) is 7.32. The van der Waals surface area contributed by atoms with E-state index in [9.17, 15) is 20.0 Å². The molecule has 1 aliphatic heterocycles. The lowest BCUT2D eigenvalue weighted by atomic mass is 9.84. The van der Waals surface area contributed by atoms with Crippen molar-refractivity contribution in [3.05, 3.63) is 52.2 Å². The lowest BCUT2D eigenvalue weighted by molar-refractivity contribution is -0.539. The summed E-state index contributed by atoms with van der Waals surface area (Å²) < 4.78 is 0.687. The van der Waals surface area contributed by atoms with Gasteiger partial charge in [-0.3, -0.25) is 14.3 Å². The van der Waals surface area contributed by atoms with Crippen LogP contribution in [0.15, 0.2) is 30.4 Å². The Labute approximate surface area is 133 Å². The highest BCUT2D eigenvalue weighted by atomic mass is 16.5. The molecule has 0 aromatic heterocycles. The van der Waals surface area contributed by atoms with Crippen LogP contribution < -0.4 is 0 Å². The van der Waals surface area contributed by atoms with Crippen molar-refractivity contribution in [3.8, 4) is 0 Å². The first-order valence-electron chi connectivity index (χ1n) is 7.32. The Hall–Kier alpha value is -2.47. The Morgan fingerprint density at radius 1 is 1.00 bits per heavy atom. The van der Waals surface area contributed by atoms with Gasteiger partial charge in [-0.25, -0.2) is 0 Å². The van der Waals surface area contributed by atoms with E-state index in [-0.39, 0.29) is 28.5 Å². The summed E-state index contributed by atoms with van der Waals surface area (Å²) >= 11 is 0. The van der Waals surface area contributed by atoms with E-state index in [1.165, 1.54) is 30.4 Å². The average molecular weight is 313 g/mol. The third-order valence-electron chi connectivity index (χ3n) is 5.09. The molecule has 0 N–H and O–H groups in total.